The summed E-state index contributed by atoms with van der Waals surface area (Å²) in [5, 5.41) is 2.65. The molecule has 4 aromatic carbocycles. The normalized spacial score (nSPS) is 12.0. The highest BCUT2D eigenvalue weighted by Gasteiger charge is 2.35. The second-order valence-electron chi connectivity index (χ2n) is 11.1. The summed E-state index contributed by atoms with van der Waals surface area (Å²) in [4.78, 5) is 29.7. The van der Waals surface area contributed by atoms with Crippen LogP contribution in [0.2, 0.25) is 5.02 Å². The molecule has 0 aromatic heterocycles. The Morgan fingerprint density at radius 2 is 1.54 bits per heavy atom. The van der Waals surface area contributed by atoms with Gasteiger partial charge in [0.15, 0.2) is 0 Å². The number of carbonyl (C=O) groups excluding carboxylic acids is 2. The first kappa shape index (κ1) is 34.5. The molecule has 242 valence electrons. The lowest BCUT2D eigenvalue weighted by Gasteiger charge is -2.34. The highest BCUT2D eigenvalue weighted by Crippen LogP contribution is 2.29. The van der Waals surface area contributed by atoms with E-state index >= 15 is 0 Å². The zero-order valence-corrected chi connectivity index (χ0v) is 27.5. The molecule has 1 N–H and O–H groups in total. The Kier molecular flexibility index (Phi) is 11.8. The molecule has 0 spiro atoms. The summed E-state index contributed by atoms with van der Waals surface area (Å²) in [5.74, 6) is -1.06. The third-order valence-electron chi connectivity index (χ3n) is 7.24. The molecule has 0 aliphatic carbocycles. The number of ether oxygens (including phenoxy) is 1. The van der Waals surface area contributed by atoms with Crippen molar-refractivity contribution in [3.05, 3.63) is 125 Å². The summed E-state index contributed by atoms with van der Waals surface area (Å²) in [6.45, 7) is 3.60. The fourth-order valence-electron chi connectivity index (χ4n) is 4.83. The van der Waals surface area contributed by atoms with Gasteiger partial charge in [0, 0.05) is 19.5 Å². The molecule has 0 aliphatic heterocycles. The van der Waals surface area contributed by atoms with Gasteiger partial charge in [-0.3, -0.25) is 13.9 Å². The number of hydrogen-bond donors (Lipinski definition) is 1. The molecule has 0 heterocycles. The first-order valence-electron chi connectivity index (χ1n) is 14.8. The van der Waals surface area contributed by atoms with Gasteiger partial charge < -0.3 is 15.0 Å². The van der Waals surface area contributed by atoms with Gasteiger partial charge in [-0.25, -0.2) is 12.8 Å². The van der Waals surface area contributed by atoms with Crippen molar-refractivity contribution in [1.82, 2.24) is 10.2 Å². The number of nitrogens with zero attached hydrogens (tertiary/aromatic N) is 2. The molecule has 0 saturated heterocycles. The van der Waals surface area contributed by atoms with E-state index in [-0.39, 0.29) is 40.4 Å². The highest BCUT2D eigenvalue weighted by molar-refractivity contribution is 7.92. The van der Waals surface area contributed by atoms with Gasteiger partial charge >= 0.3 is 0 Å². The van der Waals surface area contributed by atoms with Crippen molar-refractivity contribution in [1.29, 1.82) is 0 Å². The number of amides is 2. The van der Waals surface area contributed by atoms with Crippen LogP contribution in [0.15, 0.2) is 108 Å². The molecule has 4 aromatic rings. The monoisotopic (exact) mass is 665 g/mol. The van der Waals surface area contributed by atoms with Gasteiger partial charge in [-0.15, -0.1) is 0 Å². The van der Waals surface area contributed by atoms with Crippen molar-refractivity contribution in [3.63, 3.8) is 0 Å². The lowest BCUT2D eigenvalue weighted by molar-refractivity contribution is -0.140. The zero-order valence-electron chi connectivity index (χ0n) is 25.9. The number of halogens is 2. The molecule has 0 bridgehead atoms. The number of carbonyl (C=O) groups is 2. The number of hydrogen-bond acceptors (Lipinski definition) is 5. The van der Waals surface area contributed by atoms with Gasteiger partial charge in [0.25, 0.3) is 10.0 Å². The van der Waals surface area contributed by atoms with Crippen molar-refractivity contribution in [2.45, 2.75) is 37.8 Å². The Labute approximate surface area is 274 Å². The molecular formula is C35H37ClFN3O5S. The SMILES string of the molecule is COc1cccc(CN(C(=O)CN(c2ccc(F)c(Cl)c2)S(=O)(=O)c2ccccc2)C(Cc2ccccc2)C(=O)NCC(C)C)c1. The van der Waals surface area contributed by atoms with E-state index in [0.29, 0.717) is 17.9 Å². The minimum Gasteiger partial charge on any atom is -0.497 e. The van der Waals surface area contributed by atoms with E-state index in [4.69, 9.17) is 16.3 Å². The van der Waals surface area contributed by atoms with Crippen LogP contribution in [0.1, 0.15) is 25.0 Å². The predicted octanol–water partition coefficient (Wildman–Crippen LogP) is 6.10. The van der Waals surface area contributed by atoms with Crippen LogP contribution in [0.5, 0.6) is 5.75 Å². The average molecular weight is 666 g/mol. The molecule has 1 atom stereocenters. The van der Waals surface area contributed by atoms with Crippen molar-refractivity contribution in [3.8, 4) is 5.75 Å². The van der Waals surface area contributed by atoms with E-state index in [1.165, 1.54) is 30.2 Å². The first-order chi connectivity index (χ1) is 22.0. The summed E-state index contributed by atoms with van der Waals surface area (Å²) in [7, 11) is -2.81. The van der Waals surface area contributed by atoms with E-state index < -0.39 is 34.3 Å². The van der Waals surface area contributed by atoms with Crippen LogP contribution in [0.4, 0.5) is 10.1 Å². The molecule has 1 unspecified atom stereocenters. The molecule has 11 heteroatoms. The summed E-state index contributed by atoms with van der Waals surface area (Å²) >= 11 is 6.07. The minimum atomic E-state index is -4.34. The Morgan fingerprint density at radius 1 is 0.891 bits per heavy atom. The van der Waals surface area contributed by atoms with Gasteiger partial charge in [0.05, 0.1) is 22.7 Å². The van der Waals surface area contributed by atoms with Crippen molar-refractivity contribution in [2.24, 2.45) is 5.92 Å². The van der Waals surface area contributed by atoms with Crippen LogP contribution in [0.25, 0.3) is 0 Å². The Morgan fingerprint density at radius 3 is 2.17 bits per heavy atom. The second kappa shape index (κ2) is 15.7. The van der Waals surface area contributed by atoms with Crippen LogP contribution < -0.4 is 14.4 Å². The third-order valence-corrected chi connectivity index (χ3v) is 9.32. The lowest BCUT2D eigenvalue weighted by atomic mass is 10.0. The van der Waals surface area contributed by atoms with E-state index in [0.717, 1.165) is 22.0 Å². The fourth-order valence-corrected chi connectivity index (χ4v) is 6.43. The largest absolute Gasteiger partial charge is 0.497 e. The van der Waals surface area contributed by atoms with E-state index in [1.54, 1.807) is 42.5 Å². The maximum atomic E-state index is 14.5. The molecule has 4 rings (SSSR count). The number of methoxy groups -OCH3 is 1. The molecular weight excluding hydrogens is 629 g/mol. The fraction of sp³-hybridized carbons (Fsp3) is 0.257. The molecule has 0 fully saturated rings. The highest BCUT2D eigenvalue weighted by atomic mass is 35.5. The van der Waals surface area contributed by atoms with Crippen LogP contribution in [0, 0.1) is 11.7 Å². The van der Waals surface area contributed by atoms with Crippen LogP contribution in [-0.4, -0.2) is 51.4 Å². The number of nitrogens with one attached hydrogen (secondary N) is 1. The lowest BCUT2D eigenvalue weighted by Crippen LogP contribution is -2.53. The molecule has 8 nitrogen and oxygen atoms in total. The standard InChI is InChI=1S/C35H37ClFN3O5S/c1-25(2)22-38-35(42)33(20-26-11-6-4-7-12-26)39(23-27-13-10-14-29(19-27)45-3)34(41)24-40(28-17-18-32(37)31(36)21-28)46(43,44)30-15-8-5-9-16-30/h4-19,21,25,33H,20,22-24H2,1-3H3,(H,38,42). The predicted molar refractivity (Wildman–Crippen MR) is 178 cm³/mol. The second-order valence-corrected chi connectivity index (χ2v) is 13.4. The van der Waals surface area contributed by atoms with Gasteiger partial charge in [-0.1, -0.05) is 86.1 Å². The quantitative estimate of drug-likeness (QED) is 0.176. The third kappa shape index (κ3) is 8.86. The summed E-state index contributed by atoms with van der Waals surface area (Å²) in [6.07, 6.45) is 0.175. The topological polar surface area (TPSA) is 96.0 Å². The molecule has 46 heavy (non-hydrogen) atoms. The Hall–Kier alpha value is -4.41. The Bertz CT molecular complexity index is 1740. The van der Waals surface area contributed by atoms with Crippen LogP contribution in [0.3, 0.4) is 0 Å². The van der Waals surface area contributed by atoms with Gasteiger partial charge in [-0.05, 0) is 59.5 Å². The number of rotatable bonds is 14. The maximum Gasteiger partial charge on any atom is 0.264 e. The van der Waals surface area contributed by atoms with Crippen LogP contribution in [-0.2, 0) is 32.6 Å². The molecule has 2 amide bonds. The minimum absolute atomic E-state index is 0.00574. The maximum absolute atomic E-state index is 14.5. The van der Waals surface area contributed by atoms with Gasteiger partial charge in [0.2, 0.25) is 11.8 Å². The van der Waals surface area contributed by atoms with E-state index in [1.807, 2.05) is 44.2 Å². The van der Waals surface area contributed by atoms with Gasteiger partial charge in [0.1, 0.15) is 24.2 Å². The van der Waals surface area contributed by atoms with Crippen LogP contribution >= 0.6 is 11.6 Å². The number of benzene rings is 4. The summed E-state index contributed by atoms with van der Waals surface area (Å²) < 4.78 is 48.5. The zero-order chi connectivity index (χ0) is 33.3. The molecule has 0 saturated carbocycles. The Balaban J connectivity index is 1.82. The summed E-state index contributed by atoms with van der Waals surface area (Å²) in [6, 6.07) is 26.4. The molecule has 0 aliphatic rings. The average Bonchev–Trinajstić information content (AvgIpc) is 3.06. The van der Waals surface area contributed by atoms with Crippen molar-refractivity contribution >= 4 is 39.1 Å². The summed E-state index contributed by atoms with van der Waals surface area (Å²) in [5.41, 5.74) is 1.48. The number of sulfonamides is 1. The smallest absolute Gasteiger partial charge is 0.264 e. The van der Waals surface area contributed by atoms with E-state index in [2.05, 4.69) is 5.32 Å². The van der Waals surface area contributed by atoms with Gasteiger partial charge in [-0.2, -0.15) is 0 Å². The molecule has 0 radical (unpaired) electrons. The number of anilines is 1. The van der Waals surface area contributed by atoms with Crippen molar-refractivity contribution < 1.29 is 27.1 Å². The van der Waals surface area contributed by atoms with Crippen molar-refractivity contribution in [2.75, 3.05) is 24.5 Å². The first-order valence-corrected chi connectivity index (χ1v) is 16.6. The van der Waals surface area contributed by atoms with E-state index in [9.17, 15) is 22.4 Å².